The number of aryl methyl sites for hydroxylation is 1. The van der Waals surface area contributed by atoms with E-state index in [1.165, 1.54) is 23.2 Å². The van der Waals surface area contributed by atoms with Gasteiger partial charge in [-0.25, -0.2) is 4.98 Å². The van der Waals surface area contributed by atoms with Gasteiger partial charge in [-0.2, -0.15) is 0 Å². The van der Waals surface area contributed by atoms with Crippen molar-refractivity contribution in [2.24, 2.45) is 10.2 Å². The van der Waals surface area contributed by atoms with E-state index in [4.69, 9.17) is 9.47 Å². The quantitative estimate of drug-likeness (QED) is 0.477. The molecule has 5 rings (SSSR count). The molecular formula is C21H15N5O5. The summed E-state index contributed by atoms with van der Waals surface area (Å²) in [6.07, 6.45) is 4.68. The predicted octanol–water partition coefficient (Wildman–Crippen LogP) is 2.92. The van der Waals surface area contributed by atoms with Crippen LogP contribution in [0.2, 0.25) is 0 Å². The summed E-state index contributed by atoms with van der Waals surface area (Å²) in [5.74, 6) is 0.801. The van der Waals surface area contributed by atoms with Crippen LogP contribution in [0.3, 0.4) is 0 Å². The second-order valence-electron chi connectivity index (χ2n) is 7.07. The Labute approximate surface area is 175 Å². The number of carbonyl (C=O) groups excluding carboxylic acids is 1. The predicted molar refractivity (Wildman–Crippen MR) is 110 cm³/mol. The summed E-state index contributed by atoms with van der Waals surface area (Å²) in [4.78, 5) is 27.5. The molecule has 31 heavy (non-hydrogen) atoms. The summed E-state index contributed by atoms with van der Waals surface area (Å²) in [5, 5.41) is 19.8. The van der Waals surface area contributed by atoms with Gasteiger partial charge < -0.3 is 9.47 Å². The molecule has 0 atom stereocenters. The molecule has 0 amide bonds. The smallest absolute Gasteiger partial charge is 0.279 e. The van der Waals surface area contributed by atoms with Crippen molar-refractivity contribution in [2.75, 3.05) is 6.79 Å². The highest BCUT2D eigenvalue weighted by molar-refractivity contribution is 6.40. The average Bonchev–Trinajstić information content (AvgIpc) is 3.40. The van der Waals surface area contributed by atoms with Gasteiger partial charge in [0.1, 0.15) is 17.8 Å². The van der Waals surface area contributed by atoms with E-state index in [-0.39, 0.29) is 30.5 Å². The van der Waals surface area contributed by atoms with Gasteiger partial charge in [0.05, 0.1) is 4.92 Å². The van der Waals surface area contributed by atoms with Crippen molar-refractivity contribution < 1.29 is 19.2 Å². The highest BCUT2D eigenvalue weighted by Gasteiger charge is 2.26. The van der Waals surface area contributed by atoms with E-state index >= 15 is 0 Å². The maximum absolute atomic E-state index is 12.9. The minimum atomic E-state index is -0.430. The molecule has 0 radical (unpaired) electrons. The molecular weight excluding hydrogens is 402 g/mol. The van der Waals surface area contributed by atoms with Crippen LogP contribution in [0.4, 0.5) is 5.69 Å². The van der Waals surface area contributed by atoms with Gasteiger partial charge in [0.15, 0.2) is 11.5 Å². The second-order valence-corrected chi connectivity index (χ2v) is 7.07. The standard InChI is InChI=1S/C21H15N5O5/c1-12-6-13(2-3-17(12)26(28)29)20-15-9-19-18(30-11-31-19)8-14(15)7-16(23-24-20)21(27)25-5-4-22-10-25/h2-6,8-10H,7,11H2,1H3. The molecule has 154 valence electrons. The lowest BCUT2D eigenvalue weighted by molar-refractivity contribution is -0.385. The molecule has 0 saturated heterocycles. The number of ether oxygens (including phenoxy) is 2. The van der Waals surface area contributed by atoms with E-state index < -0.39 is 4.92 Å². The Morgan fingerprint density at radius 2 is 1.97 bits per heavy atom. The van der Waals surface area contributed by atoms with E-state index in [0.29, 0.717) is 28.3 Å². The SMILES string of the molecule is Cc1cc(C2=NN=C(C(=O)n3ccnc3)Cc3cc4c(cc32)OCO4)ccc1[N+](=O)[O-]. The van der Waals surface area contributed by atoms with Crippen molar-refractivity contribution in [3.8, 4) is 11.5 Å². The number of rotatable bonds is 3. The van der Waals surface area contributed by atoms with Crippen LogP contribution in [-0.4, -0.2) is 38.6 Å². The average molecular weight is 417 g/mol. The van der Waals surface area contributed by atoms with Crippen LogP contribution < -0.4 is 9.47 Å². The first-order valence-electron chi connectivity index (χ1n) is 9.37. The summed E-state index contributed by atoms with van der Waals surface area (Å²) >= 11 is 0. The zero-order valence-electron chi connectivity index (χ0n) is 16.3. The van der Waals surface area contributed by atoms with Crippen LogP contribution >= 0.6 is 0 Å². The number of hydrogen-bond donors (Lipinski definition) is 0. The Bertz CT molecular complexity index is 1290. The molecule has 1 aromatic heterocycles. The molecule has 2 aliphatic heterocycles. The van der Waals surface area contributed by atoms with Crippen LogP contribution in [0.5, 0.6) is 11.5 Å². The highest BCUT2D eigenvalue weighted by atomic mass is 16.7. The normalized spacial score (nSPS) is 14.4. The number of hydrogen-bond acceptors (Lipinski definition) is 8. The Morgan fingerprint density at radius 3 is 2.68 bits per heavy atom. The molecule has 0 spiro atoms. The lowest BCUT2D eigenvalue weighted by atomic mass is 9.93. The molecule has 0 fully saturated rings. The Kier molecular flexibility index (Phi) is 4.32. The maximum Gasteiger partial charge on any atom is 0.279 e. The van der Waals surface area contributed by atoms with E-state index in [2.05, 4.69) is 15.2 Å². The Hall–Kier alpha value is -4.34. The molecule has 0 bridgehead atoms. The molecule has 3 aromatic rings. The minimum absolute atomic E-state index is 0.0170. The van der Waals surface area contributed by atoms with Gasteiger partial charge in [0.25, 0.3) is 11.6 Å². The number of fused-ring (bicyclic) bond motifs is 2. The maximum atomic E-state index is 12.9. The summed E-state index contributed by atoms with van der Waals surface area (Å²) in [6.45, 7) is 1.77. The third kappa shape index (κ3) is 3.23. The van der Waals surface area contributed by atoms with Crippen LogP contribution in [0, 0.1) is 17.0 Å². The lowest BCUT2D eigenvalue weighted by Crippen LogP contribution is -2.22. The van der Waals surface area contributed by atoms with Crippen LogP contribution in [0.15, 0.2) is 59.3 Å². The van der Waals surface area contributed by atoms with Crippen LogP contribution in [0.25, 0.3) is 0 Å². The van der Waals surface area contributed by atoms with E-state index in [9.17, 15) is 14.9 Å². The number of benzene rings is 2. The number of nitrogens with zero attached hydrogens (tertiary/aromatic N) is 5. The van der Waals surface area contributed by atoms with Crippen LogP contribution in [0.1, 0.15) is 27.0 Å². The number of aromatic nitrogens is 2. The van der Waals surface area contributed by atoms with Gasteiger partial charge in [0.2, 0.25) is 6.79 Å². The summed E-state index contributed by atoms with van der Waals surface area (Å²) in [7, 11) is 0. The van der Waals surface area contributed by atoms with Crippen molar-refractivity contribution in [1.82, 2.24) is 9.55 Å². The van der Waals surface area contributed by atoms with Gasteiger partial charge in [0, 0.05) is 41.6 Å². The number of carbonyl (C=O) groups is 1. The highest BCUT2D eigenvalue weighted by Crippen LogP contribution is 2.37. The fourth-order valence-corrected chi connectivity index (χ4v) is 3.60. The molecule has 10 nitrogen and oxygen atoms in total. The molecule has 10 heteroatoms. The molecule has 3 heterocycles. The summed E-state index contributed by atoms with van der Waals surface area (Å²) in [5.41, 5.74) is 3.37. The van der Waals surface area contributed by atoms with Crippen molar-refractivity contribution in [3.63, 3.8) is 0 Å². The molecule has 0 N–H and O–H groups in total. The zero-order chi connectivity index (χ0) is 21.5. The molecule has 2 aromatic carbocycles. The topological polar surface area (TPSA) is 121 Å². The number of imidazole rings is 1. The lowest BCUT2D eigenvalue weighted by Gasteiger charge is -2.11. The molecule has 0 saturated carbocycles. The Balaban J connectivity index is 1.66. The molecule has 0 aliphatic carbocycles. The Morgan fingerprint density at radius 1 is 1.16 bits per heavy atom. The van der Waals surface area contributed by atoms with Crippen molar-refractivity contribution in [1.29, 1.82) is 0 Å². The summed E-state index contributed by atoms with van der Waals surface area (Å²) in [6, 6.07) is 8.35. The van der Waals surface area contributed by atoms with Crippen molar-refractivity contribution >= 4 is 23.0 Å². The monoisotopic (exact) mass is 417 g/mol. The number of nitro groups is 1. The zero-order valence-corrected chi connectivity index (χ0v) is 16.3. The van der Waals surface area contributed by atoms with Crippen LogP contribution in [-0.2, 0) is 6.42 Å². The van der Waals surface area contributed by atoms with Gasteiger partial charge >= 0.3 is 0 Å². The number of nitro benzene ring substituents is 1. The van der Waals surface area contributed by atoms with Crippen molar-refractivity contribution in [2.45, 2.75) is 13.3 Å². The van der Waals surface area contributed by atoms with Gasteiger partial charge in [-0.15, -0.1) is 10.2 Å². The third-order valence-electron chi connectivity index (χ3n) is 5.13. The fraction of sp³-hybridized carbons (Fsp3) is 0.143. The second kappa shape index (κ2) is 7.17. The minimum Gasteiger partial charge on any atom is -0.454 e. The first-order valence-corrected chi connectivity index (χ1v) is 9.37. The molecule has 2 aliphatic rings. The van der Waals surface area contributed by atoms with E-state index in [1.807, 2.05) is 6.07 Å². The first kappa shape index (κ1) is 18.7. The van der Waals surface area contributed by atoms with E-state index in [1.54, 1.807) is 31.3 Å². The van der Waals surface area contributed by atoms with Gasteiger partial charge in [-0.3, -0.25) is 19.5 Å². The van der Waals surface area contributed by atoms with Gasteiger partial charge in [-0.1, -0.05) is 0 Å². The van der Waals surface area contributed by atoms with Gasteiger partial charge in [-0.05, 0) is 36.8 Å². The van der Waals surface area contributed by atoms with E-state index in [0.717, 1.165) is 11.1 Å². The molecule has 0 unspecified atom stereocenters. The summed E-state index contributed by atoms with van der Waals surface area (Å²) < 4.78 is 12.3. The third-order valence-corrected chi connectivity index (χ3v) is 5.13. The largest absolute Gasteiger partial charge is 0.454 e. The van der Waals surface area contributed by atoms with Crippen molar-refractivity contribution in [3.05, 3.63) is 81.4 Å². The first-order chi connectivity index (χ1) is 15.0. The fourth-order valence-electron chi connectivity index (χ4n) is 3.60.